The molecule has 4 aliphatic heterocycles. The average Bonchev–Trinajstić information content (AvgIpc) is 1.53. The first kappa shape index (κ1) is 82.0. The first-order valence-electron chi connectivity index (χ1n) is 43.0. The molecule has 0 N–H and O–H groups in total. The Bertz CT molecular complexity index is 7230. The largest absolute Gasteiger partial charge is 0.583 e. The van der Waals surface area contributed by atoms with Crippen LogP contribution in [0.25, 0.3) is 21.5 Å². The van der Waals surface area contributed by atoms with Crippen molar-refractivity contribution >= 4 is 103 Å². The third-order valence-corrected chi connectivity index (χ3v) is 38.6. The molecule has 0 saturated carbocycles. The lowest BCUT2D eigenvalue weighted by atomic mass is 10.1. The van der Waals surface area contributed by atoms with Crippen LogP contribution < -0.4 is 69.6 Å². The Balaban J connectivity index is 1.02. The summed E-state index contributed by atoms with van der Waals surface area (Å²) in [6, 6.07) is 86.2. The minimum atomic E-state index is -5.93. The number of amidine groups is 4. The van der Waals surface area contributed by atoms with Crippen molar-refractivity contribution in [3.63, 3.8) is 0 Å². The van der Waals surface area contributed by atoms with E-state index in [1.54, 1.807) is 148 Å². The van der Waals surface area contributed by atoms with Crippen molar-refractivity contribution in [2.45, 2.75) is 51.6 Å². The molecule has 4 aliphatic rings. The maximum Gasteiger partial charge on any atom is 0.583 e. The molecule has 0 fully saturated rings. The fourth-order valence-corrected chi connectivity index (χ4v) is 35.7. The monoisotopic (exact) mass is 1790 g/mol. The molecule has 8 aromatic carbocycles. The maximum atomic E-state index is 9.99. The van der Waals surface area contributed by atoms with Crippen molar-refractivity contribution in [2.24, 2.45) is 30.0 Å². The van der Waals surface area contributed by atoms with E-state index in [1.165, 1.54) is 0 Å². The van der Waals surface area contributed by atoms with Crippen molar-refractivity contribution in [1.29, 1.82) is 0 Å². The fourth-order valence-electron chi connectivity index (χ4n) is 17.5. The lowest BCUT2D eigenvalue weighted by Crippen LogP contribution is -2.81. The number of pyridine rings is 8. The summed E-state index contributed by atoms with van der Waals surface area (Å²) in [5.74, 6) is 6.02. The highest BCUT2D eigenvalue weighted by atomic mass is 28.5. The lowest BCUT2D eigenvalue weighted by molar-refractivity contribution is 0.323. The smallest absolute Gasteiger partial charge is 0.452 e. The third-order valence-electron chi connectivity index (χ3n) is 23.2. The molecule has 0 aliphatic carbocycles. The van der Waals surface area contributed by atoms with Crippen LogP contribution in [-0.2, 0) is 8.23 Å². The molecular weight excluding hydrogens is 1720 g/mol. The first-order valence-corrected chi connectivity index (χ1v) is 48.5. The molecule has 0 radical (unpaired) electrons. The number of hydrogen-bond acceptors (Lipinski definition) is 24. The van der Waals surface area contributed by atoms with E-state index in [0.29, 0.717) is 89.8 Å². The molecule has 14 heterocycles. The summed E-state index contributed by atoms with van der Waals surface area (Å²) in [5, 5.41) is 3.33. The van der Waals surface area contributed by atoms with Gasteiger partial charge in [-0.1, -0.05) is 163 Å². The zero-order valence-corrected chi connectivity index (χ0v) is 75.4. The Kier molecular flexibility index (Phi) is 20.8. The second-order valence-corrected chi connectivity index (χ2v) is 45.4. The van der Waals surface area contributed by atoms with E-state index in [1.807, 2.05) is 121 Å². The Morgan fingerprint density at radius 3 is 0.669 bits per heavy atom. The van der Waals surface area contributed by atoms with Gasteiger partial charge < -0.3 is 46.1 Å². The van der Waals surface area contributed by atoms with Crippen LogP contribution in [0.1, 0.15) is 63.8 Å². The third kappa shape index (κ3) is 15.1. The van der Waals surface area contributed by atoms with Gasteiger partial charge in [-0.3, -0.25) is 48.3 Å². The number of hydrogen-bond donors (Lipinski definition) is 0. The fraction of sp³-hybridized carbons (Fsp3) is 0.0769. The van der Waals surface area contributed by atoms with Gasteiger partial charge in [-0.2, -0.15) is 0 Å². The van der Waals surface area contributed by atoms with Gasteiger partial charge in [0.25, 0.3) is 16.6 Å². The van der Waals surface area contributed by atoms with E-state index < -0.39 is 35.6 Å². The molecule has 0 spiro atoms. The number of rotatable bonds is 24. The molecule has 0 unspecified atom stereocenters. The van der Waals surface area contributed by atoms with Gasteiger partial charge in [-0.05, 0) is 176 Å². The molecule has 10 aromatic heterocycles. The summed E-state index contributed by atoms with van der Waals surface area (Å²) in [6.07, 6.45) is 26.5. The molecule has 22 rings (SSSR count). The van der Waals surface area contributed by atoms with E-state index in [-0.39, 0.29) is 91.9 Å². The van der Waals surface area contributed by atoms with E-state index in [4.69, 9.17) is 67.8 Å². The van der Waals surface area contributed by atoms with E-state index >= 15 is 0 Å². The molecule has 18 aromatic rings. The number of benzene rings is 8. The van der Waals surface area contributed by atoms with Crippen LogP contribution in [0.4, 0.5) is 11.6 Å². The van der Waals surface area contributed by atoms with Crippen LogP contribution in [-0.4, -0.2) is 97.2 Å². The second-order valence-electron chi connectivity index (χ2n) is 33.7. The Hall–Kier alpha value is -16.7. The van der Waals surface area contributed by atoms with E-state index in [0.717, 1.165) is 20.7 Å². The maximum absolute atomic E-state index is 9.99. The molecule has 6 bridgehead atoms. The van der Waals surface area contributed by atoms with Gasteiger partial charge in [-0.15, -0.1) is 0 Å². The Morgan fingerprint density at radius 1 is 0.233 bits per heavy atom. The van der Waals surface area contributed by atoms with Crippen LogP contribution in [0, 0.1) is 0 Å². The van der Waals surface area contributed by atoms with Gasteiger partial charge in [0.15, 0.2) is 69.3 Å². The number of nitrogens with zero attached hydrogens (tertiary/aromatic N) is 16. The van der Waals surface area contributed by atoms with Gasteiger partial charge in [0.1, 0.15) is 68.6 Å². The highest BCUT2D eigenvalue weighted by Gasteiger charge is 2.67. The van der Waals surface area contributed by atoms with Gasteiger partial charge in [0.05, 0.1) is 49.6 Å². The topological polar surface area (TPSA) is 279 Å². The molecule has 0 amide bonds. The normalized spacial score (nSPS) is 13.5. The van der Waals surface area contributed by atoms with Crippen molar-refractivity contribution in [3.8, 4) is 92.0 Å². The standard InChI is InChI=1S/C104H78N16O10Si3/c1-103(2,3)131(75-35-11-7-12-36-75,76-37-13-8-14-38-76)129-133(130-132(104(4,5)6,77-39-15-9-16-40-77)78-41-17-10-18-42-78)119-99-83-55-91(125-71-31-23-47-109-63-71)92(126-72-32-24-48-110-64-72)56-84(83)101(119)117-97-81-53-89(123-69-29-21-45-107-61-69)90(124-70-30-22-46-108-62-70)54-82(81)98(114-97)118-102-86-58-94(128-74-34-26-50-112-66-74)93(127-73-33-25-49-111-65-73)57-85(86)100(120(102)133)116-96-80-52-88(122-68-28-20-44-106-60-68)87(51-79(80)95(113-96)115-99)121-67-27-19-43-105-59-67/h7-66H,1-6H3. The summed E-state index contributed by atoms with van der Waals surface area (Å²) in [7, 11) is -14.9. The average molecular weight is 1800 g/mol. The van der Waals surface area contributed by atoms with Gasteiger partial charge in [0.2, 0.25) is 0 Å². The Morgan fingerprint density at radius 2 is 0.451 bits per heavy atom. The summed E-state index contributed by atoms with van der Waals surface area (Å²) >= 11 is 0. The van der Waals surface area contributed by atoms with Crippen LogP contribution in [0.2, 0.25) is 10.1 Å². The molecule has 646 valence electrons. The SMILES string of the molecule is CC(C)(C)[Si](O[Si]1(O[Si](c2ccccc2)(c2ccccc2)C(C)(C)C)n2c3c4cc(Oc5cccnc5)c(Oc5cccnc5)cc4c2N=C2N=C(N=c4c5cc(Oc6cccnc6)c(Oc6cccnc6)cc5c(n41)=NC1=NC(=N3)c3cc(Oc4cccnc4)c(Oc4cccnc4)cc31)c1cc(Oc3cccnc3)c(Oc3cccnc3)cc12)(c1ccccc1)c1ccccc1. The lowest BCUT2D eigenvalue weighted by Gasteiger charge is -2.53. The number of fused-ring (bicyclic) bond motifs is 14. The van der Waals surface area contributed by atoms with Crippen LogP contribution in [0.5, 0.6) is 92.0 Å². The molecule has 0 atom stereocenters. The predicted molar refractivity (Wildman–Crippen MR) is 513 cm³/mol. The minimum absolute atomic E-state index is 0.153. The molecule has 29 heteroatoms. The Labute approximate surface area is 765 Å². The highest BCUT2D eigenvalue weighted by molar-refractivity contribution is 7.07. The number of aliphatic imine (C=N–C) groups is 4. The predicted octanol–water partition coefficient (Wildman–Crippen LogP) is 20.0. The zero-order valence-electron chi connectivity index (χ0n) is 72.4. The van der Waals surface area contributed by atoms with Crippen LogP contribution in [0.3, 0.4) is 0 Å². The zero-order chi connectivity index (χ0) is 89.8. The minimum Gasteiger partial charge on any atom is -0.452 e. The van der Waals surface area contributed by atoms with Crippen molar-refractivity contribution in [3.05, 3.63) is 399 Å². The van der Waals surface area contributed by atoms with Gasteiger partial charge in [-0.25, -0.2) is 30.0 Å². The molecular formula is C104H78N16O10Si3. The van der Waals surface area contributed by atoms with Gasteiger partial charge in [0, 0.05) is 93.4 Å². The number of aromatic nitrogens is 10. The van der Waals surface area contributed by atoms with Crippen molar-refractivity contribution in [1.82, 2.24) is 48.3 Å². The van der Waals surface area contributed by atoms with E-state index in [2.05, 4.69) is 187 Å². The molecule has 133 heavy (non-hydrogen) atoms. The molecule has 26 nitrogen and oxygen atoms in total. The summed E-state index contributed by atoms with van der Waals surface area (Å²) in [6.45, 7) is 13.5. The van der Waals surface area contributed by atoms with Crippen molar-refractivity contribution in [2.75, 3.05) is 0 Å². The summed E-state index contributed by atoms with van der Waals surface area (Å²) in [5.41, 5.74) is 2.21. The van der Waals surface area contributed by atoms with E-state index in [9.17, 15) is 8.23 Å². The summed E-state index contributed by atoms with van der Waals surface area (Å²) < 4.78 is 81.4. The number of ether oxygens (including phenoxy) is 8. The van der Waals surface area contributed by atoms with Crippen molar-refractivity contribution < 1.29 is 46.1 Å². The van der Waals surface area contributed by atoms with Crippen LogP contribution >= 0.6 is 0 Å². The quantitative estimate of drug-likeness (QED) is 0.0508. The molecule has 0 saturated heterocycles. The first-order chi connectivity index (χ1) is 65.1. The summed E-state index contributed by atoms with van der Waals surface area (Å²) in [4.78, 5) is 73.3. The van der Waals surface area contributed by atoms with Gasteiger partial charge >= 0.3 is 8.88 Å². The van der Waals surface area contributed by atoms with Crippen LogP contribution in [0.15, 0.2) is 396 Å². The highest BCUT2D eigenvalue weighted by Crippen LogP contribution is 2.54. The second kappa shape index (κ2) is 33.7.